The minimum Gasteiger partial charge on any atom is -0.0939 e. The van der Waals surface area contributed by atoms with Gasteiger partial charge in [0.1, 0.15) is 0 Å². The maximum Gasteiger partial charge on any atom is 0.0751 e. The highest BCUT2D eigenvalue weighted by Gasteiger charge is 2.61. The quantitative estimate of drug-likeness (QED) is 0.312. The normalized spacial score (nSPS) is 18.4. The third-order valence-corrected chi connectivity index (χ3v) is 67.5. The molecule has 1 aliphatic rings. The summed E-state index contributed by atoms with van der Waals surface area (Å²) in [6.45, 7) is 53.5. The van der Waals surface area contributed by atoms with E-state index in [0.29, 0.717) is 20.2 Å². The summed E-state index contributed by atoms with van der Waals surface area (Å²) < 4.78 is 4.64. The second-order valence-electron chi connectivity index (χ2n) is 17.0. The van der Waals surface area contributed by atoms with Crippen LogP contribution in [0.25, 0.3) is 0 Å². The van der Waals surface area contributed by atoms with E-state index >= 15 is 0 Å². The molecule has 0 bridgehead atoms. The molecule has 0 amide bonds. The van der Waals surface area contributed by atoms with E-state index in [1.54, 1.807) is 0 Å². The zero-order valence-electron chi connectivity index (χ0n) is 26.0. The molecule has 0 atom stereocenters. The minimum absolute atomic E-state index is 0.456. The van der Waals surface area contributed by atoms with Crippen LogP contribution in [0.4, 0.5) is 0 Å². The fraction of sp³-hybridized carbons (Fsp3) is 0.923. The van der Waals surface area contributed by atoms with Crippen molar-refractivity contribution in [2.45, 2.75) is 156 Å². The van der Waals surface area contributed by atoms with Gasteiger partial charge in [-0.15, -0.1) is 0 Å². The molecule has 32 heavy (non-hydrogen) atoms. The molecular formula is C26H60Si6. The average Bonchev–Trinajstić information content (AvgIpc) is 2.39. The van der Waals surface area contributed by atoms with E-state index < -0.39 is 47.2 Å². The fourth-order valence-corrected chi connectivity index (χ4v) is 83.8. The minimum atomic E-state index is -1.53. The Morgan fingerprint density at radius 1 is 0.375 bits per heavy atom. The molecule has 1 rings (SSSR count). The van der Waals surface area contributed by atoms with Crippen molar-refractivity contribution < 1.29 is 0 Å². The molecule has 0 aromatic heterocycles. The molecule has 0 nitrogen and oxygen atoms in total. The summed E-state index contributed by atoms with van der Waals surface area (Å²) in [5.41, 5.74) is 0. The predicted molar refractivity (Wildman–Crippen MR) is 170 cm³/mol. The van der Waals surface area contributed by atoms with Gasteiger partial charge in [-0.2, -0.15) is 0 Å². The fourth-order valence-electron chi connectivity index (χ4n) is 4.44. The number of hydrogen-bond donors (Lipinski definition) is 0. The third-order valence-electron chi connectivity index (χ3n) is 11.0. The lowest BCUT2D eigenvalue weighted by Gasteiger charge is -2.60. The van der Waals surface area contributed by atoms with Gasteiger partial charge in [0.25, 0.3) is 0 Å². The molecule has 0 saturated heterocycles. The Kier molecular flexibility index (Phi) is 8.05. The third kappa shape index (κ3) is 4.72. The van der Waals surface area contributed by atoms with Gasteiger partial charge in [0.15, 0.2) is 0 Å². The molecule has 0 aromatic carbocycles. The van der Waals surface area contributed by atoms with Crippen LogP contribution < -0.4 is 0 Å². The van der Waals surface area contributed by atoms with Gasteiger partial charge in [-0.3, -0.25) is 0 Å². The molecule has 0 unspecified atom stereocenters. The van der Waals surface area contributed by atoms with Gasteiger partial charge in [0, 0.05) is 15.9 Å². The highest BCUT2D eigenvalue weighted by molar-refractivity contribution is 7.83. The second-order valence-corrected chi connectivity index (χ2v) is 54.0. The van der Waals surface area contributed by atoms with E-state index in [2.05, 4.69) is 144 Å². The first-order valence-corrected chi connectivity index (χ1v) is 30.0. The van der Waals surface area contributed by atoms with Crippen molar-refractivity contribution in [3.8, 4) is 0 Å². The lowest BCUT2D eigenvalue weighted by atomic mass is 10.2. The summed E-state index contributed by atoms with van der Waals surface area (Å²) in [5.74, 6) is 0. The first kappa shape index (κ1) is 31.1. The van der Waals surface area contributed by atoms with Gasteiger partial charge in [0.05, 0.1) is 31.3 Å². The standard InChI is InChI=1S/C26H60Si6/c1-23(2,3)29(13,14)21-27(31(17,18)25(7,8)9)22(30(15,16)24(4,5)6)28(21)32(19,20)26(10,11)12/h1-20H3. The summed E-state index contributed by atoms with van der Waals surface area (Å²) in [6, 6.07) is 0. The molecule has 6 heteroatoms. The Balaban J connectivity index is 4.33. The molecule has 0 fully saturated rings. The van der Waals surface area contributed by atoms with Crippen LogP contribution in [0.1, 0.15) is 83.1 Å². The zero-order valence-corrected chi connectivity index (χ0v) is 32.0. The van der Waals surface area contributed by atoms with Gasteiger partial charge in [0.2, 0.25) is 0 Å². The largest absolute Gasteiger partial charge is 0.0939 e. The SMILES string of the molecule is CC(C)(C)[Si](C)(C)C1=[Si]([Si](C)(C)C(C)(C)C)C([Si](C)(C)C(C)(C)C)=[Si]1[Si](C)(C)C(C)(C)C. The van der Waals surface area contributed by atoms with Crippen molar-refractivity contribution in [3.63, 3.8) is 0 Å². The smallest absolute Gasteiger partial charge is 0.0751 e. The molecule has 0 aliphatic carbocycles. The number of rotatable bonds is 4. The Bertz CT molecular complexity index is 661. The van der Waals surface area contributed by atoms with E-state index in [9.17, 15) is 0 Å². The highest BCUT2D eigenvalue weighted by atomic mass is 29.3. The van der Waals surface area contributed by atoms with E-state index in [0.717, 1.165) is 0 Å². The Morgan fingerprint density at radius 2 is 0.562 bits per heavy atom. The average molecular weight is 541 g/mol. The zero-order chi connectivity index (χ0) is 26.3. The first-order valence-electron chi connectivity index (χ1n) is 13.0. The maximum absolute atomic E-state index is 2.81. The molecule has 1 heterocycles. The summed E-state index contributed by atoms with van der Waals surface area (Å²) >= 11 is 0. The lowest BCUT2D eigenvalue weighted by Crippen LogP contribution is -2.82. The van der Waals surface area contributed by atoms with E-state index in [-0.39, 0.29) is 0 Å². The van der Waals surface area contributed by atoms with Gasteiger partial charge in [-0.1, -0.05) is 144 Å². The van der Waals surface area contributed by atoms with Crippen LogP contribution in [0, 0.1) is 0 Å². The summed E-state index contributed by atoms with van der Waals surface area (Å²) in [6.07, 6.45) is 0. The Labute approximate surface area is 210 Å². The van der Waals surface area contributed by atoms with Crippen LogP contribution >= 0.6 is 0 Å². The molecule has 188 valence electrons. The maximum atomic E-state index is 2.81. The van der Waals surface area contributed by atoms with Crippen LogP contribution in [0.2, 0.25) is 72.5 Å². The van der Waals surface area contributed by atoms with Crippen LogP contribution in [-0.2, 0) is 0 Å². The molecule has 1 aliphatic heterocycles. The van der Waals surface area contributed by atoms with Gasteiger partial charge < -0.3 is 0 Å². The van der Waals surface area contributed by atoms with Crippen LogP contribution in [0.15, 0.2) is 0 Å². The van der Waals surface area contributed by atoms with E-state index in [1.807, 2.05) is 0 Å². The number of hydrogen-bond acceptors (Lipinski definition) is 0. The lowest BCUT2D eigenvalue weighted by molar-refractivity contribution is 0.730. The summed E-state index contributed by atoms with van der Waals surface area (Å²) in [7, 11) is -7.08. The first-order chi connectivity index (χ1) is 13.5. The summed E-state index contributed by atoms with van der Waals surface area (Å²) in [5, 5.41) is 1.86. The Morgan fingerprint density at radius 3 is 0.688 bits per heavy atom. The molecule has 0 saturated carbocycles. The summed E-state index contributed by atoms with van der Waals surface area (Å²) in [4.78, 5) is 0. The van der Waals surface area contributed by atoms with Crippen molar-refractivity contribution in [3.05, 3.63) is 0 Å². The van der Waals surface area contributed by atoms with E-state index in [4.69, 9.17) is 0 Å². The molecular weight excluding hydrogens is 481 g/mol. The van der Waals surface area contributed by atoms with Gasteiger partial charge in [-0.25, -0.2) is 0 Å². The van der Waals surface area contributed by atoms with Gasteiger partial charge >= 0.3 is 0 Å². The predicted octanol–water partition coefficient (Wildman–Crippen LogP) is 8.85. The van der Waals surface area contributed by atoms with Crippen molar-refractivity contribution >= 4 is 56.0 Å². The van der Waals surface area contributed by atoms with Crippen molar-refractivity contribution in [1.82, 2.24) is 0 Å². The monoisotopic (exact) mass is 540 g/mol. The van der Waals surface area contributed by atoms with Crippen molar-refractivity contribution in [2.75, 3.05) is 0 Å². The molecule has 0 N–H and O–H groups in total. The highest BCUT2D eigenvalue weighted by Crippen LogP contribution is 2.49. The van der Waals surface area contributed by atoms with Gasteiger partial charge in [-0.05, 0) is 20.2 Å². The van der Waals surface area contributed by atoms with Crippen molar-refractivity contribution in [1.29, 1.82) is 0 Å². The second kappa shape index (κ2) is 8.29. The van der Waals surface area contributed by atoms with Crippen LogP contribution in [0.3, 0.4) is 0 Å². The van der Waals surface area contributed by atoms with Crippen LogP contribution in [-0.4, -0.2) is 56.0 Å². The van der Waals surface area contributed by atoms with Crippen LogP contribution in [0.5, 0.6) is 0 Å². The molecule has 0 spiro atoms. The topological polar surface area (TPSA) is 0 Å². The molecule has 0 radical (unpaired) electrons. The van der Waals surface area contributed by atoms with E-state index in [1.165, 1.54) is 0 Å². The van der Waals surface area contributed by atoms with Crippen molar-refractivity contribution in [2.24, 2.45) is 0 Å². The Hall–Kier alpha value is 1.04. The molecule has 0 aromatic rings.